The standard InChI is InChI=1S/C13H13Br2NO3/c1-13(2)9(10(13)12(18)19)11(17)16-8-5-6(14)3-4-7(8)15/h3-5,9-10H,1-2H3,(H,16,17)(H,18,19). The minimum atomic E-state index is -0.918. The van der Waals surface area contributed by atoms with E-state index in [9.17, 15) is 9.59 Å². The fourth-order valence-corrected chi connectivity index (χ4v) is 3.10. The highest BCUT2D eigenvalue weighted by Gasteiger charge is 2.65. The molecule has 2 unspecified atom stereocenters. The maximum atomic E-state index is 12.2. The molecule has 1 aliphatic carbocycles. The molecule has 6 heteroatoms. The van der Waals surface area contributed by atoms with Crippen LogP contribution in [-0.4, -0.2) is 17.0 Å². The van der Waals surface area contributed by atoms with Gasteiger partial charge >= 0.3 is 5.97 Å². The van der Waals surface area contributed by atoms with Gasteiger partial charge in [-0.05, 0) is 39.5 Å². The van der Waals surface area contributed by atoms with Gasteiger partial charge in [0.15, 0.2) is 0 Å². The number of hydrogen-bond donors (Lipinski definition) is 2. The van der Waals surface area contributed by atoms with Crippen LogP contribution in [0.5, 0.6) is 0 Å². The van der Waals surface area contributed by atoms with E-state index < -0.39 is 23.2 Å². The lowest BCUT2D eigenvalue weighted by atomic mass is 10.1. The minimum Gasteiger partial charge on any atom is -0.481 e. The third kappa shape index (κ3) is 2.69. The van der Waals surface area contributed by atoms with E-state index in [1.54, 1.807) is 19.9 Å². The lowest BCUT2D eigenvalue weighted by molar-refractivity contribution is -0.140. The lowest BCUT2D eigenvalue weighted by Crippen LogP contribution is -2.18. The highest BCUT2D eigenvalue weighted by atomic mass is 79.9. The van der Waals surface area contributed by atoms with Crippen LogP contribution in [0.25, 0.3) is 0 Å². The normalized spacial score (nSPS) is 23.8. The van der Waals surface area contributed by atoms with Crippen LogP contribution in [0.3, 0.4) is 0 Å². The monoisotopic (exact) mass is 389 g/mol. The fraction of sp³-hybridized carbons (Fsp3) is 0.385. The Morgan fingerprint density at radius 3 is 2.42 bits per heavy atom. The van der Waals surface area contributed by atoms with Gasteiger partial charge in [0.1, 0.15) is 0 Å². The molecule has 0 bridgehead atoms. The number of amides is 1. The van der Waals surface area contributed by atoms with Crippen LogP contribution in [0.2, 0.25) is 0 Å². The molecule has 1 aromatic carbocycles. The van der Waals surface area contributed by atoms with Crippen LogP contribution in [0.15, 0.2) is 27.1 Å². The second kappa shape index (κ2) is 4.90. The Kier molecular flexibility index (Phi) is 3.75. The lowest BCUT2D eigenvalue weighted by Gasteiger charge is -2.08. The topological polar surface area (TPSA) is 66.4 Å². The van der Waals surface area contributed by atoms with Crippen molar-refractivity contribution in [3.05, 3.63) is 27.1 Å². The van der Waals surface area contributed by atoms with Gasteiger partial charge in [0, 0.05) is 8.95 Å². The minimum absolute atomic E-state index is 0.254. The summed E-state index contributed by atoms with van der Waals surface area (Å²) in [5.74, 6) is -2.27. The van der Waals surface area contributed by atoms with Gasteiger partial charge in [-0.3, -0.25) is 9.59 Å². The van der Waals surface area contributed by atoms with E-state index in [1.165, 1.54) is 0 Å². The van der Waals surface area contributed by atoms with E-state index in [2.05, 4.69) is 37.2 Å². The molecule has 0 aromatic heterocycles. The summed E-state index contributed by atoms with van der Waals surface area (Å²) in [5.41, 5.74) is 0.139. The second-order valence-corrected chi connectivity index (χ2v) is 7.00. The molecular formula is C13H13Br2NO3. The van der Waals surface area contributed by atoms with Crippen LogP contribution in [0, 0.1) is 17.3 Å². The van der Waals surface area contributed by atoms with Crippen LogP contribution < -0.4 is 5.32 Å². The number of carboxylic acid groups (broad SMARTS) is 1. The molecule has 0 saturated heterocycles. The quantitative estimate of drug-likeness (QED) is 0.829. The van der Waals surface area contributed by atoms with E-state index in [-0.39, 0.29) is 5.91 Å². The molecule has 102 valence electrons. The predicted molar refractivity (Wildman–Crippen MR) is 78.9 cm³/mol. The highest BCUT2D eigenvalue weighted by molar-refractivity contribution is 9.11. The van der Waals surface area contributed by atoms with Crippen LogP contribution in [0.4, 0.5) is 5.69 Å². The Hall–Kier alpha value is -0.880. The van der Waals surface area contributed by atoms with Gasteiger partial charge in [-0.25, -0.2) is 0 Å². The zero-order valence-electron chi connectivity index (χ0n) is 10.4. The Morgan fingerprint density at radius 1 is 1.26 bits per heavy atom. The van der Waals surface area contributed by atoms with E-state index in [4.69, 9.17) is 5.11 Å². The molecule has 1 aliphatic rings. The van der Waals surface area contributed by atoms with Crippen molar-refractivity contribution in [2.45, 2.75) is 13.8 Å². The maximum absolute atomic E-state index is 12.2. The van der Waals surface area contributed by atoms with Crippen LogP contribution >= 0.6 is 31.9 Å². The molecule has 1 aromatic rings. The molecule has 2 atom stereocenters. The van der Waals surface area contributed by atoms with Crippen molar-refractivity contribution < 1.29 is 14.7 Å². The van der Waals surface area contributed by atoms with Gasteiger partial charge in [0.25, 0.3) is 0 Å². The van der Waals surface area contributed by atoms with E-state index in [0.29, 0.717) is 5.69 Å². The number of aliphatic carboxylic acids is 1. The maximum Gasteiger partial charge on any atom is 0.307 e. The Morgan fingerprint density at radius 2 is 1.89 bits per heavy atom. The molecular weight excluding hydrogens is 378 g/mol. The third-order valence-corrected chi connectivity index (χ3v) is 4.75. The summed E-state index contributed by atoms with van der Waals surface area (Å²) in [5, 5.41) is 11.9. The first kappa shape index (κ1) is 14.5. The Labute approximate surface area is 127 Å². The van der Waals surface area contributed by atoms with Crippen LogP contribution in [0.1, 0.15) is 13.8 Å². The number of hydrogen-bond acceptors (Lipinski definition) is 2. The summed E-state index contributed by atoms with van der Waals surface area (Å²) in [7, 11) is 0. The number of carbonyl (C=O) groups excluding carboxylic acids is 1. The largest absolute Gasteiger partial charge is 0.481 e. The van der Waals surface area contributed by atoms with E-state index in [0.717, 1.165) is 8.95 Å². The number of rotatable bonds is 3. The summed E-state index contributed by atoms with van der Waals surface area (Å²) in [4.78, 5) is 23.2. The van der Waals surface area contributed by atoms with Gasteiger partial charge in [-0.2, -0.15) is 0 Å². The van der Waals surface area contributed by atoms with Gasteiger partial charge in [0.05, 0.1) is 17.5 Å². The van der Waals surface area contributed by atoms with Crippen LogP contribution in [-0.2, 0) is 9.59 Å². The molecule has 0 radical (unpaired) electrons. The van der Waals surface area contributed by atoms with E-state index in [1.807, 2.05) is 12.1 Å². The summed E-state index contributed by atoms with van der Waals surface area (Å²) in [6, 6.07) is 5.43. The zero-order chi connectivity index (χ0) is 14.4. The first-order valence-electron chi connectivity index (χ1n) is 5.74. The zero-order valence-corrected chi connectivity index (χ0v) is 13.6. The smallest absolute Gasteiger partial charge is 0.307 e. The number of carbonyl (C=O) groups is 2. The summed E-state index contributed by atoms with van der Waals surface area (Å²) in [6.45, 7) is 3.60. The number of nitrogens with one attached hydrogen (secondary N) is 1. The van der Waals surface area contributed by atoms with Crippen molar-refractivity contribution >= 4 is 49.4 Å². The molecule has 19 heavy (non-hydrogen) atoms. The molecule has 0 aliphatic heterocycles. The number of anilines is 1. The first-order chi connectivity index (χ1) is 8.75. The Bertz CT molecular complexity index is 557. The van der Waals surface area contributed by atoms with Gasteiger partial charge < -0.3 is 10.4 Å². The molecule has 2 N–H and O–H groups in total. The number of halogens is 2. The molecule has 1 amide bonds. The van der Waals surface area contributed by atoms with Gasteiger partial charge in [0.2, 0.25) is 5.91 Å². The first-order valence-corrected chi connectivity index (χ1v) is 7.32. The van der Waals surface area contributed by atoms with Crippen molar-refractivity contribution in [3.8, 4) is 0 Å². The average molecular weight is 391 g/mol. The second-order valence-electron chi connectivity index (χ2n) is 5.23. The molecule has 0 heterocycles. The molecule has 4 nitrogen and oxygen atoms in total. The van der Waals surface area contributed by atoms with Crippen molar-refractivity contribution in [2.24, 2.45) is 17.3 Å². The highest BCUT2D eigenvalue weighted by Crippen LogP contribution is 2.58. The Balaban J connectivity index is 2.15. The summed E-state index contributed by atoms with van der Waals surface area (Å²) < 4.78 is 1.60. The molecule has 1 fully saturated rings. The molecule has 1 saturated carbocycles. The summed E-state index contributed by atoms with van der Waals surface area (Å²) >= 11 is 6.68. The van der Waals surface area contributed by atoms with Crippen molar-refractivity contribution in [1.82, 2.24) is 0 Å². The SMILES string of the molecule is CC1(C)C(C(=O)O)C1C(=O)Nc1cc(Br)ccc1Br. The molecule has 2 rings (SSSR count). The summed E-state index contributed by atoms with van der Waals surface area (Å²) in [6.07, 6.45) is 0. The number of benzene rings is 1. The van der Waals surface area contributed by atoms with Crippen molar-refractivity contribution in [1.29, 1.82) is 0 Å². The predicted octanol–water partition coefficient (Wildman–Crippen LogP) is 3.51. The van der Waals surface area contributed by atoms with Crippen molar-refractivity contribution in [2.75, 3.05) is 5.32 Å². The van der Waals surface area contributed by atoms with Gasteiger partial charge in [-0.15, -0.1) is 0 Å². The molecule has 0 spiro atoms. The third-order valence-electron chi connectivity index (χ3n) is 3.56. The average Bonchev–Trinajstić information content (AvgIpc) is 2.87. The number of carboxylic acids is 1. The van der Waals surface area contributed by atoms with Crippen molar-refractivity contribution in [3.63, 3.8) is 0 Å². The van der Waals surface area contributed by atoms with Gasteiger partial charge in [-0.1, -0.05) is 29.8 Å². The fourth-order valence-electron chi connectivity index (χ4n) is 2.39. The van der Waals surface area contributed by atoms with E-state index >= 15 is 0 Å².